The van der Waals surface area contributed by atoms with Crippen LogP contribution < -0.4 is 0 Å². The van der Waals surface area contributed by atoms with Gasteiger partial charge in [0.2, 0.25) is 0 Å². The lowest BCUT2D eigenvalue weighted by Crippen LogP contribution is -1.79. The maximum atomic E-state index is 4.05. The van der Waals surface area contributed by atoms with Crippen LogP contribution in [0.3, 0.4) is 0 Å². The first-order valence-electron chi connectivity index (χ1n) is 3.68. The Morgan fingerprint density at radius 2 is 1.90 bits per heavy atom. The first kappa shape index (κ1) is 7.66. The van der Waals surface area contributed by atoms with Crippen molar-refractivity contribution in [2.45, 2.75) is 33.1 Å². The minimum atomic E-state index is 1.02. The van der Waals surface area contributed by atoms with E-state index >= 15 is 0 Å². The summed E-state index contributed by atoms with van der Waals surface area (Å²) in [6.45, 7) is 4.27. The monoisotopic (exact) mass is 156 g/mol. The smallest absolute Gasteiger partial charge is 0.117 e. The molecule has 1 heterocycles. The SMILES string of the molecule is CCCc1nnc(CC)s1. The minimum Gasteiger partial charge on any atom is -0.144 e. The van der Waals surface area contributed by atoms with E-state index in [9.17, 15) is 0 Å². The largest absolute Gasteiger partial charge is 0.144 e. The van der Waals surface area contributed by atoms with Gasteiger partial charge in [-0.25, -0.2) is 0 Å². The summed E-state index contributed by atoms with van der Waals surface area (Å²) in [6, 6.07) is 0. The second-order valence-corrected chi connectivity index (χ2v) is 3.34. The molecule has 0 spiro atoms. The first-order valence-corrected chi connectivity index (χ1v) is 4.49. The Kier molecular flexibility index (Phi) is 2.81. The quantitative estimate of drug-likeness (QED) is 0.669. The van der Waals surface area contributed by atoms with Gasteiger partial charge in [0.1, 0.15) is 10.0 Å². The normalized spacial score (nSPS) is 10.2. The van der Waals surface area contributed by atoms with E-state index in [1.54, 1.807) is 11.3 Å². The second-order valence-electron chi connectivity index (χ2n) is 2.19. The molecule has 0 fully saturated rings. The van der Waals surface area contributed by atoms with Crippen LogP contribution in [0.25, 0.3) is 0 Å². The highest BCUT2D eigenvalue weighted by Crippen LogP contribution is 2.11. The zero-order valence-electron chi connectivity index (χ0n) is 6.42. The van der Waals surface area contributed by atoms with Crippen molar-refractivity contribution < 1.29 is 0 Å². The molecular formula is C7H12N2S. The molecule has 0 bridgehead atoms. The summed E-state index contributed by atoms with van der Waals surface area (Å²) in [6.07, 6.45) is 3.26. The van der Waals surface area contributed by atoms with Crippen LogP contribution in [0, 0.1) is 0 Å². The van der Waals surface area contributed by atoms with Gasteiger partial charge in [-0.05, 0) is 12.8 Å². The maximum absolute atomic E-state index is 4.05. The number of nitrogens with zero attached hydrogens (tertiary/aromatic N) is 2. The van der Waals surface area contributed by atoms with Crippen molar-refractivity contribution in [2.24, 2.45) is 0 Å². The summed E-state index contributed by atoms with van der Waals surface area (Å²) in [4.78, 5) is 0. The predicted octanol–water partition coefficient (Wildman–Crippen LogP) is 2.05. The van der Waals surface area contributed by atoms with Gasteiger partial charge in [-0.2, -0.15) is 0 Å². The molecule has 0 N–H and O–H groups in total. The van der Waals surface area contributed by atoms with Crippen LogP contribution in [-0.4, -0.2) is 10.2 Å². The zero-order valence-corrected chi connectivity index (χ0v) is 7.24. The molecule has 0 aliphatic heterocycles. The highest BCUT2D eigenvalue weighted by atomic mass is 32.1. The van der Waals surface area contributed by atoms with E-state index in [0.29, 0.717) is 0 Å². The van der Waals surface area contributed by atoms with Crippen LogP contribution in [0.15, 0.2) is 0 Å². The molecule has 1 aromatic heterocycles. The van der Waals surface area contributed by atoms with E-state index in [2.05, 4.69) is 24.0 Å². The fourth-order valence-corrected chi connectivity index (χ4v) is 1.63. The van der Waals surface area contributed by atoms with Gasteiger partial charge < -0.3 is 0 Å². The number of aryl methyl sites for hydroxylation is 2. The molecule has 56 valence electrons. The van der Waals surface area contributed by atoms with Crippen molar-refractivity contribution in [3.8, 4) is 0 Å². The van der Waals surface area contributed by atoms with Crippen LogP contribution in [0.1, 0.15) is 30.3 Å². The summed E-state index contributed by atoms with van der Waals surface area (Å²) >= 11 is 1.74. The van der Waals surface area contributed by atoms with Crippen LogP contribution in [0.2, 0.25) is 0 Å². The molecule has 0 aliphatic carbocycles. The Labute approximate surface area is 65.3 Å². The first-order chi connectivity index (χ1) is 4.86. The Hall–Kier alpha value is -0.440. The number of hydrogen-bond acceptors (Lipinski definition) is 3. The standard InChI is InChI=1S/C7H12N2S/c1-3-5-7-9-8-6(4-2)10-7/h3-5H2,1-2H3. The number of hydrogen-bond donors (Lipinski definition) is 0. The molecule has 0 atom stereocenters. The molecule has 10 heavy (non-hydrogen) atoms. The topological polar surface area (TPSA) is 25.8 Å². The average Bonchev–Trinajstić information content (AvgIpc) is 2.37. The third kappa shape index (κ3) is 1.77. The van der Waals surface area contributed by atoms with E-state index in [-0.39, 0.29) is 0 Å². The summed E-state index contributed by atoms with van der Waals surface area (Å²) in [7, 11) is 0. The van der Waals surface area contributed by atoms with Crippen molar-refractivity contribution >= 4 is 11.3 Å². The second kappa shape index (κ2) is 3.66. The molecule has 0 aliphatic rings. The van der Waals surface area contributed by atoms with Gasteiger partial charge in [-0.1, -0.05) is 13.8 Å². The summed E-state index contributed by atoms with van der Waals surface area (Å²) < 4.78 is 0. The van der Waals surface area contributed by atoms with Crippen LogP contribution >= 0.6 is 11.3 Å². The summed E-state index contributed by atoms with van der Waals surface area (Å²) in [5, 5.41) is 10.4. The van der Waals surface area contributed by atoms with E-state index < -0.39 is 0 Å². The van der Waals surface area contributed by atoms with Crippen molar-refractivity contribution in [3.63, 3.8) is 0 Å². The van der Waals surface area contributed by atoms with Gasteiger partial charge >= 0.3 is 0 Å². The van der Waals surface area contributed by atoms with Gasteiger partial charge in [0.25, 0.3) is 0 Å². The molecule has 0 saturated heterocycles. The molecule has 1 rings (SSSR count). The summed E-state index contributed by atoms with van der Waals surface area (Å²) in [5.41, 5.74) is 0. The summed E-state index contributed by atoms with van der Waals surface area (Å²) in [5.74, 6) is 0. The van der Waals surface area contributed by atoms with Crippen molar-refractivity contribution in [1.29, 1.82) is 0 Å². The molecular weight excluding hydrogens is 144 g/mol. The van der Waals surface area contributed by atoms with Crippen molar-refractivity contribution in [2.75, 3.05) is 0 Å². The lowest BCUT2D eigenvalue weighted by Gasteiger charge is -1.83. The third-order valence-electron chi connectivity index (χ3n) is 1.28. The van der Waals surface area contributed by atoms with Crippen molar-refractivity contribution in [3.05, 3.63) is 10.0 Å². The fraction of sp³-hybridized carbons (Fsp3) is 0.714. The Morgan fingerprint density at radius 1 is 1.20 bits per heavy atom. The molecule has 0 saturated carbocycles. The molecule has 2 nitrogen and oxygen atoms in total. The third-order valence-corrected chi connectivity index (χ3v) is 2.40. The lowest BCUT2D eigenvalue weighted by molar-refractivity contribution is 0.867. The average molecular weight is 156 g/mol. The Bertz CT molecular complexity index is 195. The van der Waals surface area contributed by atoms with Crippen LogP contribution in [-0.2, 0) is 12.8 Å². The van der Waals surface area contributed by atoms with Gasteiger partial charge in [0.05, 0.1) is 0 Å². The highest BCUT2D eigenvalue weighted by molar-refractivity contribution is 7.11. The Morgan fingerprint density at radius 3 is 2.40 bits per heavy atom. The Balaban J connectivity index is 2.59. The maximum Gasteiger partial charge on any atom is 0.117 e. The van der Waals surface area contributed by atoms with Crippen LogP contribution in [0.4, 0.5) is 0 Å². The lowest BCUT2D eigenvalue weighted by atomic mass is 10.4. The predicted molar refractivity (Wildman–Crippen MR) is 43.3 cm³/mol. The van der Waals surface area contributed by atoms with Gasteiger partial charge in [-0.15, -0.1) is 21.5 Å². The fourth-order valence-electron chi connectivity index (χ4n) is 0.746. The van der Waals surface area contributed by atoms with E-state index in [4.69, 9.17) is 0 Å². The van der Waals surface area contributed by atoms with Gasteiger partial charge in [0.15, 0.2) is 0 Å². The van der Waals surface area contributed by atoms with Gasteiger partial charge in [-0.3, -0.25) is 0 Å². The van der Waals surface area contributed by atoms with Crippen LogP contribution in [0.5, 0.6) is 0 Å². The molecule has 0 amide bonds. The van der Waals surface area contributed by atoms with E-state index in [1.807, 2.05) is 0 Å². The molecule has 0 aromatic carbocycles. The molecule has 1 aromatic rings. The zero-order chi connectivity index (χ0) is 7.40. The van der Waals surface area contributed by atoms with Gasteiger partial charge in [0, 0.05) is 6.42 Å². The number of rotatable bonds is 3. The number of aromatic nitrogens is 2. The van der Waals surface area contributed by atoms with E-state index in [0.717, 1.165) is 17.8 Å². The van der Waals surface area contributed by atoms with E-state index in [1.165, 1.54) is 11.4 Å². The minimum absolute atomic E-state index is 1.02. The molecule has 3 heteroatoms. The molecule has 0 radical (unpaired) electrons. The molecule has 0 unspecified atom stereocenters. The van der Waals surface area contributed by atoms with Crippen molar-refractivity contribution in [1.82, 2.24) is 10.2 Å². The highest BCUT2D eigenvalue weighted by Gasteiger charge is 1.99.